The molecule has 0 saturated heterocycles. The number of benzene rings is 2. The molecule has 0 fully saturated rings. The van der Waals surface area contributed by atoms with Gasteiger partial charge in [-0.1, -0.05) is 11.3 Å². The second kappa shape index (κ2) is 9.18. The Bertz CT molecular complexity index is 1130. The van der Waals surface area contributed by atoms with Crippen molar-refractivity contribution in [3.63, 3.8) is 0 Å². The number of nitro benzene ring substituents is 1. The van der Waals surface area contributed by atoms with Crippen LogP contribution in [0, 0.1) is 10.1 Å². The third-order valence-electron chi connectivity index (χ3n) is 3.92. The summed E-state index contributed by atoms with van der Waals surface area (Å²) in [6, 6.07) is 7.71. The van der Waals surface area contributed by atoms with Gasteiger partial charge in [0.2, 0.25) is 5.75 Å². The zero-order chi connectivity index (χ0) is 21.7. The molecule has 0 aliphatic rings. The van der Waals surface area contributed by atoms with Crippen LogP contribution in [0.4, 0.5) is 10.8 Å². The maximum absolute atomic E-state index is 12.4. The highest BCUT2D eigenvalue weighted by Crippen LogP contribution is 2.34. The first-order valence-electron chi connectivity index (χ1n) is 9.00. The number of aromatic nitrogens is 1. The van der Waals surface area contributed by atoms with Gasteiger partial charge in [-0.25, -0.2) is 10.4 Å². The van der Waals surface area contributed by atoms with Gasteiger partial charge >= 0.3 is 5.69 Å². The molecule has 0 aliphatic heterocycles. The lowest BCUT2D eigenvalue weighted by atomic mass is 10.1. The number of ether oxygens (including phenoxy) is 2. The predicted octanol–water partition coefficient (Wildman–Crippen LogP) is 3.35. The molecule has 10 nitrogen and oxygen atoms in total. The van der Waals surface area contributed by atoms with Crippen LogP contribution in [0.3, 0.4) is 0 Å². The first-order valence-corrected chi connectivity index (χ1v) is 9.82. The van der Waals surface area contributed by atoms with Crippen LogP contribution in [0.5, 0.6) is 11.5 Å². The summed E-state index contributed by atoms with van der Waals surface area (Å²) in [4.78, 5) is 27.3. The number of nitrogens with one attached hydrogen (secondary N) is 1. The van der Waals surface area contributed by atoms with Crippen LogP contribution in [0.15, 0.2) is 35.4 Å². The van der Waals surface area contributed by atoms with Crippen LogP contribution in [0.25, 0.3) is 10.2 Å². The molecule has 0 bridgehead atoms. The molecule has 2 aromatic carbocycles. The molecule has 156 valence electrons. The Morgan fingerprint density at radius 2 is 2.00 bits per heavy atom. The highest BCUT2D eigenvalue weighted by atomic mass is 32.1. The maximum Gasteiger partial charge on any atom is 0.311 e. The summed E-state index contributed by atoms with van der Waals surface area (Å²) in [5, 5.41) is 15.7. The SMILES string of the molecule is CCOc1cc(OCC)c([N+](=O)[O-])cc1/C=N\NC(=O)c1ccc2nc(N)sc2c1. The Morgan fingerprint density at radius 1 is 1.27 bits per heavy atom. The van der Waals surface area contributed by atoms with E-state index in [-0.39, 0.29) is 18.0 Å². The molecule has 0 radical (unpaired) electrons. The molecule has 1 amide bonds. The van der Waals surface area contributed by atoms with E-state index in [9.17, 15) is 14.9 Å². The lowest BCUT2D eigenvalue weighted by molar-refractivity contribution is -0.385. The number of rotatable bonds is 8. The minimum Gasteiger partial charge on any atom is -0.493 e. The fourth-order valence-electron chi connectivity index (χ4n) is 2.67. The molecule has 0 saturated carbocycles. The van der Waals surface area contributed by atoms with Crippen molar-refractivity contribution in [3.05, 3.63) is 51.6 Å². The van der Waals surface area contributed by atoms with Crippen molar-refractivity contribution < 1.29 is 19.2 Å². The minimum atomic E-state index is -0.549. The second-order valence-corrected chi connectivity index (χ2v) is 6.98. The topological polar surface area (TPSA) is 142 Å². The average Bonchev–Trinajstić information content (AvgIpc) is 3.08. The Labute approximate surface area is 175 Å². The molecular formula is C19H19N5O5S. The van der Waals surface area contributed by atoms with Crippen LogP contribution in [-0.4, -0.2) is 35.2 Å². The van der Waals surface area contributed by atoms with Crippen LogP contribution in [0.2, 0.25) is 0 Å². The van der Waals surface area contributed by atoms with E-state index >= 15 is 0 Å². The Hall–Kier alpha value is -3.73. The Kier molecular flexibility index (Phi) is 6.42. The van der Waals surface area contributed by atoms with Crippen molar-refractivity contribution >= 4 is 44.5 Å². The fraction of sp³-hybridized carbons (Fsp3) is 0.211. The first-order chi connectivity index (χ1) is 14.4. The summed E-state index contributed by atoms with van der Waals surface area (Å²) < 4.78 is 11.6. The number of nitrogens with zero attached hydrogens (tertiary/aromatic N) is 3. The fourth-order valence-corrected chi connectivity index (χ4v) is 3.44. The monoisotopic (exact) mass is 429 g/mol. The lowest BCUT2D eigenvalue weighted by Crippen LogP contribution is -2.17. The van der Waals surface area contributed by atoms with Crippen molar-refractivity contribution in [3.8, 4) is 11.5 Å². The highest BCUT2D eigenvalue weighted by molar-refractivity contribution is 7.22. The van der Waals surface area contributed by atoms with Crippen LogP contribution in [-0.2, 0) is 0 Å². The summed E-state index contributed by atoms with van der Waals surface area (Å²) in [6.07, 6.45) is 1.29. The van der Waals surface area contributed by atoms with Crippen LogP contribution < -0.4 is 20.6 Å². The summed E-state index contributed by atoms with van der Waals surface area (Å²) in [7, 11) is 0. The van der Waals surface area contributed by atoms with Gasteiger partial charge in [-0.2, -0.15) is 5.10 Å². The first kappa shape index (κ1) is 21.0. The number of nitro groups is 1. The number of hydrazone groups is 1. The van der Waals surface area contributed by atoms with Gasteiger partial charge in [0.15, 0.2) is 5.13 Å². The van der Waals surface area contributed by atoms with Crippen molar-refractivity contribution in [2.75, 3.05) is 18.9 Å². The Balaban J connectivity index is 1.83. The van der Waals surface area contributed by atoms with Gasteiger partial charge in [-0.05, 0) is 32.0 Å². The molecule has 1 aromatic heterocycles. The van der Waals surface area contributed by atoms with Gasteiger partial charge in [0, 0.05) is 23.3 Å². The molecule has 0 aliphatic carbocycles. The third-order valence-corrected chi connectivity index (χ3v) is 4.77. The average molecular weight is 429 g/mol. The molecule has 11 heteroatoms. The molecule has 0 unspecified atom stereocenters. The maximum atomic E-state index is 12.4. The van der Waals surface area contributed by atoms with Crippen molar-refractivity contribution in [2.24, 2.45) is 5.10 Å². The van der Waals surface area contributed by atoms with Gasteiger partial charge in [0.25, 0.3) is 5.91 Å². The van der Waals surface area contributed by atoms with Crippen molar-refractivity contribution in [2.45, 2.75) is 13.8 Å². The quantitative estimate of drug-likeness (QED) is 0.318. The van der Waals surface area contributed by atoms with Crippen molar-refractivity contribution in [1.29, 1.82) is 0 Å². The van der Waals surface area contributed by atoms with Crippen LogP contribution >= 0.6 is 11.3 Å². The number of anilines is 1. The van der Waals surface area contributed by atoms with E-state index in [1.165, 1.54) is 29.7 Å². The highest BCUT2D eigenvalue weighted by Gasteiger charge is 2.19. The summed E-state index contributed by atoms with van der Waals surface area (Å²) >= 11 is 1.28. The number of carbonyl (C=O) groups is 1. The van der Waals surface area contributed by atoms with Crippen LogP contribution in [0.1, 0.15) is 29.8 Å². The smallest absolute Gasteiger partial charge is 0.311 e. The number of hydrogen-bond acceptors (Lipinski definition) is 9. The van der Waals surface area contributed by atoms with Crippen molar-refractivity contribution in [1.82, 2.24) is 10.4 Å². The third kappa shape index (κ3) is 4.63. The molecule has 30 heavy (non-hydrogen) atoms. The molecular weight excluding hydrogens is 410 g/mol. The molecule has 0 atom stereocenters. The zero-order valence-corrected chi connectivity index (χ0v) is 17.1. The number of nitrogen functional groups attached to an aromatic ring is 1. The van der Waals surface area contributed by atoms with E-state index in [1.807, 2.05) is 0 Å². The normalized spacial score (nSPS) is 11.0. The lowest BCUT2D eigenvalue weighted by Gasteiger charge is -2.10. The molecule has 3 rings (SSSR count). The second-order valence-electron chi connectivity index (χ2n) is 5.91. The van der Waals surface area contributed by atoms with E-state index in [0.717, 1.165) is 4.70 Å². The molecule has 3 aromatic rings. The number of thiazole rings is 1. The van der Waals surface area contributed by atoms with E-state index in [1.54, 1.807) is 32.0 Å². The standard InChI is InChI=1S/C19H19N5O5S/c1-3-28-15-9-16(29-4-2)14(24(26)27)7-12(15)10-21-23-18(25)11-5-6-13-17(8-11)30-19(20)22-13/h5-10H,3-4H2,1-2H3,(H2,20,22)(H,23,25)/b21-10-. The van der Waals surface area contributed by atoms with Gasteiger partial charge in [0.1, 0.15) is 5.75 Å². The summed E-state index contributed by atoms with van der Waals surface area (Å²) in [5.74, 6) is 0.00823. The van der Waals surface area contributed by atoms with Gasteiger partial charge in [-0.15, -0.1) is 0 Å². The number of carbonyl (C=O) groups excluding carboxylic acids is 1. The molecule has 0 spiro atoms. The summed E-state index contributed by atoms with van der Waals surface area (Å²) in [5.41, 5.74) is 9.28. The largest absolute Gasteiger partial charge is 0.493 e. The van der Waals surface area contributed by atoms with Gasteiger partial charge < -0.3 is 15.2 Å². The Morgan fingerprint density at radius 3 is 2.70 bits per heavy atom. The van der Waals surface area contributed by atoms with Gasteiger partial charge in [-0.3, -0.25) is 14.9 Å². The summed E-state index contributed by atoms with van der Waals surface area (Å²) in [6.45, 7) is 4.12. The molecule has 1 heterocycles. The number of amides is 1. The number of nitrogens with two attached hydrogens (primary N) is 1. The van der Waals surface area contributed by atoms with E-state index in [2.05, 4.69) is 15.5 Å². The van der Waals surface area contributed by atoms with Gasteiger partial charge in [0.05, 0.1) is 34.6 Å². The zero-order valence-electron chi connectivity index (χ0n) is 16.2. The molecule has 3 N–H and O–H groups in total. The van der Waals surface area contributed by atoms with E-state index in [0.29, 0.717) is 34.1 Å². The predicted molar refractivity (Wildman–Crippen MR) is 115 cm³/mol. The van der Waals surface area contributed by atoms with E-state index < -0.39 is 10.8 Å². The number of hydrogen-bond donors (Lipinski definition) is 2. The van der Waals surface area contributed by atoms with E-state index in [4.69, 9.17) is 15.2 Å². The minimum absolute atomic E-state index is 0.101. The number of fused-ring (bicyclic) bond motifs is 1.